The van der Waals surface area contributed by atoms with E-state index in [1.165, 1.54) is 19.1 Å². The number of hydrogen-bond donors (Lipinski definition) is 0. The maximum absolute atomic E-state index is 13.3. The standard InChI is InChI=1S/C15H7ClF4N4/c1-7-9(6-21)14-22-12(8-2-3-11(17)10(16)4-8)5-13(15(18,19)20)24(14)23-7/h2-5H,1H3. The highest BCUT2D eigenvalue weighted by molar-refractivity contribution is 6.31. The number of halogens is 5. The Kier molecular flexibility index (Phi) is 3.68. The summed E-state index contributed by atoms with van der Waals surface area (Å²) in [6.45, 7) is 1.42. The van der Waals surface area contributed by atoms with E-state index < -0.39 is 17.7 Å². The van der Waals surface area contributed by atoms with Gasteiger partial charge in [0.2, 0.25) is 0 Å². The zero-order valence-electron chi connectivity index (χ0n) is 12.0. The first kappa shape index (κ1) is 16.2. The fourth-order valence-corrected chi connectivity index (χ4v) is 2.44. The molecule has 0 N–H and O–H groups in total. The van der Waals surface area contributed by atoms with Crippen LogP contribution in [-0.4, -0.2) is 14.6 Å². The van der Waals surface area contributed by atoms with E-state index in [9.17, 15) is 17.6 Å². The average molecular weight is 355 g/mol. The van der Waals surface area contributed by atoms with Crippen LogP contribution in [0.5, 0.6) is 0 Å². The van der Waals surface area contributed by atoms with Crippen molar-refractivity contribution < 1.29 is 17.6 Å². The third-order valence-electron chi connectivity index (χ3n) is 3.38. The van der Waals surface area contributed by atoms with E-state index in [4.69, 9.17) is 16.9 Å². The molecule has 24 heavy (non-hydrogen) atoms. The Morgan fingerprint density at radius 3 is 2.54 bits per heavy atom. The van der Waals surface area contributed by atoms with Gasteiger partial charge in [0.15, 0.2) is 11.3 Å². The zero-order valence-corrected chi connectivity index (χ0v) is 12.7. The maximum atomic E-state index is 13.3. The maximum Gasteiger partial charge on any atom is 0.433 e. The van der Waals surface area contributed by atoms with Gasteiger partial charge in [0.1, 0.15) is 17.4 Å². The van der Waals surface area contributed by atoms with Crippen LogP contribution in [0.3, 0.4) is 0 Å². The predicted octanol–water partition coefficient (Wildman–Crippen LogP) is 4.39. The second-order valence-corrected chi connectivity index (χ2v) is 5.37. The first-order chi connectivity index (χ1) is 11.2. The Morgan fingerprint density at radius 2 is 1.96 bits per heavy atom. The highest BCUT2D eigenvalue weighted by Gasteiger charge is 2.36. The molecular formula is C15H7ClF4N4. The van der Waals surface area contributed by atoms with Crippen LogP contribution in [-0.2, 0) is 6.18 Å². The third-order valence-corrected chi connectivity index (χ3v) is 3.67. The van der Waals surface area contributed by atoms with E-state index in [0.717, 1.165) is 12.1 Å². The van der Waals surface area contributed by atoms with E-state index in [2.05, 4.69) is 10.1 Å². The number of aromatic nitrogens is 3. The largest absolute Gasteiger partial charge is 0.433 e. The molecule has 0 atom stereocenters. The first-order valence-corrected chi connectivity index (χ1v) is 6.93. The molecular weight excluding hydrogens is 348 g/mol. The second kappa shape index (κ2) is 5.46. The molecule has 122 valence electrons. The van der Waals surface area contributed by atoms with Crippen molar-refractivity contribution in [3.05, 3.63) is 52.1 Å². The molecule has 2 aromatic heterocycles. The van der Waals surface area contributed by atoms with Gasteiger partial charge in [-0.05, 0) is 31.2 Å². The molecule has 3 aromatic rings. The normalized spacial score (nSPS) is 11.7. The SMILES string of the molecule is Cc1nn2c(C(F)(F)F)cc(-c3ccc(F)c(Cl)c3)nc2c1C#N. The lowest BCUT2D eigenvalue weighted by Gasteiger charge is -2.11. The summed E-state index contributed by atoms with van der Waals surface area (Å²) in [5.41, 5.74) is -1.14. The van der Waals surface area contributed by atoms with Crippen LogP contribution >= 0.6 is 11.6 Å². The van der Waals surface area contributed by atoms with Crippen LogP contribution in [0.15, 0.2) is 24.3 Å². The highest BCUT2D eigenvalue weighted by Crippen LogP contribution is 2.34. The minimum Gasteiger partial charge on any atom is -0.227 e. The van der Waals surface area contributed by atoms with Crippen LogP contribution in [0.2, 0.25) is 5.02 Å². The summed E-state index contributed by atoms with van der Waals surface area (Å²) in [5.74, 6) is -0.699. The minimum absolute atomic E-state index is 0.0597. The van der Waals surface area contributed by atoms with E-state index in [-0.39, 0.29) is 33.2 Å². The number of fused-ring (bicyclic) bond motifs is 1. The molecule has 0 unspecified atom stereocenters. The molecule has 0 aliphatic carbocycles. The number of alkyl halides is 3. The Balaban J connectivity index is 2.37. The van der Waals surface area contributed by atoms with Crippen molar-refractivity contribution in [2.24, 2.45) is 0 Å². The minimum atomic E-state index is -4.72. The third kappa shape index (κ3) is 2.57. The van der Waals surface area contributed by atoms with E-state index in [1.54, 1.807) is 6.07 Å². The Labute approximate surface area is 137 Å². The number of rotatable bonds is 1. The van der Waals surface area contributed by atoms with Crippen LogP contribution in [0.1, 0.15) is 17.0 Å². The van der Waals surface area contributed by atoms with Crippen LogP contribution in [0.25, 0.3) is 16.9 Å². The molecule has 3 rings (SSSR count). The fraction of sp³-hybridized carbons (Fsp3) is 0.133. The van der Waals surface area contributed by atoms with Gasteiger partial charge in [0, 0.05) is 5.56 Å². The molecule has 0 aliphatic rings. The highest BCUT2D eigenvalue weighted by atomic mass is 35.5. The number of hydrogen-bond acceptors (Lipinski definition) is 3. The van der Waals surface area contributed by atoms with Gasteiger partial charge in [-0.1, -0.05) is 11.6 Å². The van der Waals surface area contributed by atoms with Gasteiger partial charge >= 0.3 is 6.18 Å². The molecule has 0 aliphatic heterocycles. The van der Waals surface area contributed by atoms with Crippen molar-refractivity contribution >= 4 is 17.2 Å². The molecule has 0 saturated heterocycles. The number of aryl methyl sites for hydroxylation is 1. The van der Waals surface area contributed by atoms with Gasteiger partial charge in [-0.15, -0.1) is 0 Å². The Bertz CT molecular complexity index is 1000. The number of nitriles is 1. The van der Waals surface area contributed by atoms with Gasteiger partial charge in [-0.2, -0.15) is 23.5 Å². The summed E-state index contributed by atoms with van der Waals surface area (Å²) in [6, 6.07) is 6.04. The summed E-state index contributed by atoms with van der Waals surface area (Å²) in [5, 5.41) is 12.6. The van der Waals surface area contributed by atoms with Crippen molar-refractivity contribution in [2.75, 3.05) is 0 Å². The van der Waals surface area contributed by atoms with Crippen molar-refractivity contribution in [1.29, 1.82) is 5.26 Å². The van der Waals surface area contributed by atoms with E-state index >= 15 is 0 Å². The summed E-state index contributed by atoms with van der Waals surface area (Å²) >= 11 is 5.68. The molecule has 0 bridgehead atoms. The van der Waals surface area contributed by atoms with Crippen molar-refractivity contribution in [3.63, 3.8) is 0 Å². The van der Waals surface area contributed by atoms with Gasteiger partial charge in [0.05, 0.1) is 16.4 Å². The molecule has 0 fully saturated rings. The van der Waals surface area contributed by atoms with Crippen LogP contribution in [0.4, 0.5) is 17.6 Å². The Hall–Kier alpha value is -2.66. The van der Waals surface area contributed by atoms with Gasteiger partial charge in [-0.25, -0.2) is 13.9 Å². The van der Waals surface area contributed by atoms with Gasteiger partial charge in [0.25, 0.3) is 0 Å². The second-order valence-electron chi connectivity index (χ2n) is 4.96. The van der Waals surface area contributed by atoms with Gasteiger partial charge in [-0.3, -0.25) is 0 Å². The van der Waals surface area contributed by atoms with Crippen LogP contribution < -0.4 is 0 Å². The van der Waals surface area contributed by atoms with Crippen molar-refractivity contribution in [3.8, 4) is 17.3 Å². The first-order valence-electron chi connectivity index (χ1n) is 6.55. The van der Waals surface area contributed by atoms with Crippen LogP contribution in [0, 0.1) is 24.1 Å². The lowest BCUT2D eigenvalue weighted by Crippen LogP contribution is -2.14. The van der Waals surface area contributed by atoms with E-state index in [1.807, 2.05) is 0 Å². The smallest absolute Gasteiger partial charge is 0.227 e. The zero-order chi connectivity index (χ0) is 17.6. The Morgan fingerprint density at radius 1 is 1.25 bits per heavy atom. The molecule has 0 saturated carbocycles. The fourth-order valence-electron chi connectivity index (χ4n) is 2.26. The molecule has 2 heterocycles. The van der Waals surface area contributed by atoms with Crippen molar-refractivity contribution in [2.45, 2.75) is 13.1 Å². The topological polar surface area (TPSA) is 54.0 Å². The molecule has 0 radical (unpaired) electrons. The summed E-state index contributed by atoms with van der Waals surface area (Å²) in [7, 11) is 0. The number of nitrogens with zero attached hydrogens (tertiary/aromatic N) is 4. The summed E-state index contributed by atoms with van der Waals surface area (Å²) in [6.07, 6.45) is -4.72. The van der Waals surface area contributed by atoms with E-state index in [0.29, 0.717) is 4.52 Å². The quantitative estimate of drug-likeness (QED) is 0.609. The average Bonchev–Trinajstić information content (AvgIpc) is 2.82. The summed E-state index contributed by atoms with van der Waals surface area (Å²) in [4.78, 5) is 4.08. The molecule has 4 nitrogen and oxygen atoms in total. The predicted molar refractivity (Wildman–Crippen MR) is 77.8 cm³/mol. The lowest BCUT2D eigenvalue weighted by atomic mass is 10.1. The molecule has 0 spiro atoms. The lowest BCUT2D eigenvalue weighted by molar-refractivity contribution is -0.142. The molecule has 0 amide bonds. The van der Waals surface area contributed by atoms with Gasteiger partial charge < -0.3 is 0 Å². The number of benzene rings is 1. The molecule has 1 aromatic carbocycles. The monoisotopic (exact) mass is 354 g/mol. The van der Waals surface area contributed by atoms with Crippen molar-refractivity contribution in [1.82, 2.24) is 14.6 Å². The summed E-state index contributed by atoms with van der Waals surface area (Å²) < 4.78 is 53.9. The molecule has 9 heteroatoms.